The fraction of sp³-hybridized carbons (Fsp3) is 0.292. The molecule has 158 valence electrons. The van der Waals surface area contributed by atoms with Gasteiger partial charge in [-0.3, -0.25) is 4.79 Å². The largest absolute Gasteiger partial charge is 0.496 e. The number of hydrogen-bond donors (Lipinski definition) is 3. The van der Waals surface area contributed by atoms with Crippen molar-refractivity contribution >= 4 is 23.2 Å². The lowest BCUT2D eigenvalue weighted by Crippen LogP contribution is -2.42. The number of methoxy groups -OCH3 is 1. The monoisotopic (exact) mass is 416 g/mol. The number of nitrogens with one attached hydrogen (secondary N) is 3. The summed E-state index contributed by atoms with van der Waals surface area (Å²) in [5, 5.41) is 18.2. The summed E-state index contributed by atoms with van der Waals surface area (Å²) in [6.45, 7) is 2.38. The second kappa shape index (κ2) is 8.52. The summed E-state index contributed by atoms with van der Waals surface area (Å²) in [7, 11) is 1.65. The first-order chi connectivity index (χ1) is 15.1. The third-order valence-corrected chi connectivity index (χ3v) is 5.89. The van der Waals surface area contributed by atoms with E-state index in [1.165, 1.54) is 0 Å². The van der Waals surface area contributed by atoms with Gasteiger partial charge in [-0.25, -0.2) is 4.79 Å². The standard InChI is InChI=1S/C24H24N4O3/c1-3-26-24(30)27-15-9-7-14(8-10-15)21-18-12-11-16-17(5-4-6-20(16)31-2)22(18)28-23(29)19(21)13-25/h4-10,18,22H,3,11-12H2,1-2H3,(H,28,29)(H2,26,27,30). The summed E-state index contributed by atoms with van der Waals surface area (Å²) < 4.78 is 5.52. The number of ether oxygens (including phenoxy) is 1. The molecule has 4 rings (SSSR count). The summed E-state index contributed by atoms with van der Waals surface area (Å²) in [6.07, 6.45) is 1.59. The first-order valence-electron chi connectivity index (χ1n) is 10.3. The lowest BCUT2D eigenvalue weighted by atomic mass is 9.71. The Balaban J connectivity index is 1.72. The van der Waals surface area contributed by atoms with Gasteiger partial charge in [0, 0.05) is 18.2 Å². The molecule has 0 radical (unpaired) electrons. The molecule has 1 aliphatic carbocycles. The van der Waals surface area contributed by atoms with Crippen LogP contribution in [0.2, 0.25) is 0 Å². The number of carbonyl (C=O) groups is 2. The van der Waals surface area contributed by atoms with Crippen molar-refractivity contribution in [1.29, 1.82) is 5.26 Å². The topological polar surface area (TPSA) is 103 Å². The number of hydrogen-bond acceptors (Lipinski definition) is 4. The average molecular weight is 416 g/mol. The van der Waals surface area contributed by atoms with Crippen LogP contribution in [0.15, 0.2) is 48.0 Å². The number of anilines is 1. The Hall–Kier alpha value is -3.79. The second-order valence-corrected chi connectivity index (χ2v) is 7.59. The van der Waals surface area contributed by atoms with Gasteiger partial charge < -0.3 is 20.7 Å². The normalized spacial score (nSPS) is 19.5. The van der Waals surface area contributed by atoms with E-state index in [4.69, 9.17) is 4.74 Å². The Bertz CT molecular complexity index is 1100. The van der Waals surface area contributed by atoms with Crippen molar-refractivity contribution in [2.45, 2.75) is 25.8 Å². The molecule has 3 N–H and O–H groups in total. The van der Waals surface area contributed by atoms with Gasteiger partial charge in [0.15, 0.2) is 0 Å². The van der Waals surface area contributed by atoms with Crippen LogP contribution < -0.4 is 20.7 Å². The minimum absolute atomic E-state index is 0.0193. The molecule has 1 heterocycles. The molecule has 2 aromatic carbocycles. The van der Waals surface area contributed by atoms with Gasteiger partial charge in [0.2, 0.25) is 0 Å². The van der Waals surface area contributed by atoms with Crippen LogP contribution in [0.5, 0.6) is 5.75 Å². The molecule has 2 unspecified atom stereocenters. The molecule has 7 heteroatoms. The first kappa shape index (κ1) is 20.5. The molecule has 2 aliphatic rings. The van der Waals surface area contributed by atoms with Crippen LogP contribution in [0, 0.1) is 17.2 Å². The Morgan fingerprint density at radius 2 is 2.03 bits per heavy atom. The van der Waals surface area contributed by atoms with E-state index in [-0.39, 0.29) is 29.5 Å². The van der Waals surface area contributed by atoms with Gasteiger partial charge >= 0.3 is 6.03 Å². The maximum absolute atomic E-state index is 12.8. The van der Waals surface area contributed by atoms with Crippen LogP contribution in [-0.4, -0.2) is 25.6 Å². The molecule has 2 aromatic rings. The van der Waals surface area contributed by atoms with Gasteiger partial charge in [0.05, 0.1) is 13.2 Å². The maximum atomic E-state index is 12.8. The van der Waals surface area contributed by atoms with Crippen molar-refractivity contribution in [2.75, 3.05) is 19.0 Å². The van der Waals surface area contributed by atoms with Crippen molar-refractivity contribution in [3.63, 3.8) is 0 Å². The highest BCUT2D eigenvalue weighted by atomic mass is 16.5. The fourth-order valence-corrected chi connectivity index (χ4v) is 4.56. The van der Waals surface area contributed by atoms with Gasteiger partial charge in [-0.2, -0.15) is 5.26 Å². The van der Waals surface area contributed by atoms with Crippen LogP contribution in [0.3, 0.4) is 0 Å². The second-order valence-electron chi connectivity index (χ2n) is 7.59. The highest BCUT2D eigenvalue weighted by molar-refractivity contribution is 6.07. The number of nitrogens with zero attached hydrogens (tertiary/aromatic N) is 1. The summed E-state index contributed by atoms with van der Waals surface area (Å²) in [4.78, 5) is 24.6. The zero-order valence-electron chi connectivity index (χ0n) is 17.5. The van der Waals surface area contributed by atoms with E-state index < -0.39 is 0 Å². The minimum atomic E-state index is -0.362. The first-order valence-corrected chi connectivity index (χ1v) is 10.3. The molecule has 1 aliphatic heterocycles. The zero-order chi connectivity index (χ0) is 22.0. The number of benzene rings is 2. The number of nitriles is 1. The molecule has 0 saturated carbocycles. The van der Waals surface area contributed by atoms with E-state index in [0.29, 0.717) is 12.2 Å². The van der Waals surface area contributed by atoms with Crippen molar-refractivity contribution in [3.05, 3.63) is 64.7 Å². The van der Waals surface area contributed by atoms with E-state index in [1.807, 2.05) is 37.3 Å². The molecular formula is C24H24N4O3. The molecule has 0 bridgehead atoms. The van der Waals surface area contributed by atoms with Crippen molar-refractivity contribution in [1.82, 2.24) is 10.6 Å². The minimum Gasteiger partial charge on any atom is -0.496 e. The maximum Gasteiger partial charge on any atom is 0.319 e. The third-order valence-electron chi connectivity index (χ3n) is 5.89. The van der Waals surface area contributed by atoms with Crippen molar-refractivity contribution in [3.8, 4) is 11.8 Å². The fourth-order valence-electron chi connectivity index (χ4n) is 4.56. The van der Waals surface area contributed by atoms with Gasteiger partial charge in [-0.05, 0) is 60.2 Å². The summed E-state index contributed by atoms with van der Waals surface area (Å²) in [6, 6.07) is 14.8. The van der Waals surface area contributed by atoms with E-state index >= 15 is 0 Å². The number of urea groups is 1. The van der Waals surface area contributed by atoms with Crippen molar-refractivity contribution < 1.29 is 14.3 Å². The predicted molar refractivity (Wildman–Crippen MR) is 117 cm³/mol. The van der Waals surface area contributed by atoms with E-state index in [0.717, 1.165) is 40.9 Å². The lowest BCUT2D eigenvalue weighted by Gasteiger charge is -2.39. The molecule has 3 amide bonds. The van der Waals surface area contributed by atoms with Gasteiger partial charge in [-0.15, -0.1) is 0 Å². The molecule has 0 spiro atoms. The van der Waals surface area contributed by atoms with E-state index in [2.05, 4.69) is 22.0 Å². The number of fused-ring (bicyclic) bond motifs is 3. The summed E-state index contributed by atoms with van der Waals surface area (Å²) in [5.74, 6) is 0.440. The van der Waals surface area contributed by atoms with Gasteiger partial charge in [0.25, 0.3) is 5.91 Å². The smallest absolute Gasteiger partial charge is 0.319 e. The molecule has 0 fully saturated rings. The Morgan fingerprint density at radius 3 is 2.71 bits per heavy atom. The number of carbonyl (C=O) groups excluding carboxylic acids is 2. The quantitative estimate of drug-likeness (QED) is 0.709. The number of rotatable bonds is 4. The summed E-state index contributed by atoms with van der Waals surface area (Å²) in [5.41, 5.74) is 4.51. The van der Waals surface area contributed by atoms with Crippen LogP contribution in [0.1, 0.15) is 36.1 Å². The third kappa shape index (κ3) is 3.73. The van der Waals surface area contributed by atoms with Crippen LogP contribution >= 0.6 is 0 Å². The van der Waals surface area contributed by atoms with Gasteiger partial charge in [0.1, 0.15) is 17.4 Å². The van der Waals surface area contributed by atoms with Crippen LogP contribution in [-0.2, 0) is 11.2 Å². The average Bonchev–Trinajstić information content (AvgIpc) is 2.78. The number of amides is 3. The molecule has 2 atom stereocenters. The SMILES string of the molecule is CCNC(=O)Nc1ccc(C2=C(C#N)C(=O)NC3c4cccc(OC)c4CCC23)cc1. The molecule has 31 heavy (non-hydrogen) atoms. The molecule has 0 aromatic heterocycles. The molecule has 0 saturated heterocycles. The summed E-state index contributed by atoms with van der Waals surface area (Å²) >= 11 is 0. The highest BCUT2D eigenvalue weighted by Crippen LogP contribution is 2.47. The Labute approximate surface area is 181 Å². The van der Waals surface area contributed by atoms with Crippen LogP contribution in [0.25, 0.3) is 5.57 Å². The van der Waals surface area contributed by atoms with E-state index in [1.54, 1.807) is 19.2 Å². The van der Waals surface area contributed by atoms with Gasteiger partial charge in [-0.1, -0.05) is 24.3 Å². The highest BCUT2D eigenvalue weighted by Gasteiger charge is 2.41. The predicted octanol–water partition coefficient (Wildman–Crippen LogP) is 3.55. The molecular weight excluding hydrogens is 392 g/mol. The van der Waals surface area contributed by atoms with Crippen molar-refractivity contribution in [2.24, 2.45) is 5.92 Å². The van der Waals surface area contributed by atoms with Crippen LogP contribution in [0.4, 0.5) is 10.5 Å². The van der Waals surface area contributed by atoms with E-state index in [9.17, 15) is 14.9 Å². The molecule has 7 nitrogen and oxygen atoms in total. The zero-order valence-corrected chi connectivity index (χ0v) is 17.5. The Morgan fingerprint density at radius 1 is 1.26 bits per heavy atom. The lowest BCUT2D eigenvalue weighted by molar-refractivity contribution is -0.118. The Kier molecular flexibility index (Phi) is 5.63.